The van der Waals surface area contributed by atoms with Crippen molar-refractivity contribution in [2.45, 2.75) is 51.1 Å². The highest BCUT2D eigenvalue weighted by Crippen LogP contribution is 2.52. The summed E-state index contributed by atoms with van der Waals surface area (Å²) in [6, 6.07) is 7.60. The summed E-state index contributed by atoms with van der Waals surface area (Å²) in [4.78, 5) is 27.2. The Morgan fingerprint density at radius 2 is 1.39 bits per heavy atom. The van der Waals surface area contributed by atoms with Gasteiger partial charge < -0.3 is 53.7 Å². The van der Waals surface area contributed by atoms with Crippen molar-refractivity contribution in [1.29, 1.82) is 0 Å². The Balaban J connectivity index is 1.36. The van der Waals surface area contributed by atoms with Gasteiger partial charge in [0.05, 0.1) is 27.5 Å². The van der Waals surface area contributed by atoms with Crippen LogP contribution in [0.3, 0.4) is 0 Å². The van der Waals surface area contributed by atoms with E-state index in [1.807, 2.05) is 13.8 Å². The van der Waals surface area contributed by atoms with Crippen LogP contribution >= 0.6 is 0 Å². The Hall–Kier alpha value is -6.08. The summed E-state index contributed by atoms with van der Waals surface area (Å²) >= 11 is 0. The van der Waals surface area contributed by atoms with Gasteiger partial charge in [0.1, 0.15) is 45.0 Å². The van der Waals surface area contributed by atoms with Gasteiger partial charge in [-0.15, -0.1) is 0 Å². The molecule has 0 aliphatic carbocycles. The molecule has 0 fully saturated rings. The first kappa shape index (κ1) is 30.3. The van der Waals surface area contributed by atoms with Gasteiger partial charge in [-0.25, -0.2) is 0 Å². The number of hydrogen-bond acceptors (Lipinski definition) is 13. The number of phenols is 5. The summed E-state index contributed by atoms with van der Waals surface area (Å²) in [5.74, 6) is -3.11. The maximum absolute atomic E-state index is 13.7. The molecule has 8 rings (SSSR count). The first-order valence-corrected chi connectivity index (χ1v) is 15.2. The number of rotatable bonds is 3. The van der Waals surface area contributed by atoms with Crippen molar-refractivity contribution in [3.8, 4) is 46.0 Å². The van der Waals surface area contributed by atoms with Crippen LogP contribution in [0.4, 0.5) is 0 Å². The Morgan fingerprint density at radius 1 is 0.755 bits per heavy atom. The summed E-state index contributed by atoms with van der Waals surface area (Å²) in [6.45, 7) is 6.55. The fraction of sp³-hybridized carbons (Fsp3) is 0.222. The Bertz CT molecular complexity index is 2600. The zero-order chi connectivity index (χ0) is 34.9. The number of aromatic hydroxyl groups is 5. The van der Waals surface area contributed by atoms with Crippen LogP contribution in [0.25, 0.3) is 50.0 Å². The topological polar surface area (TPSA) is 209 Å². The third kappa shape index (κ3) is 4.28. The summed E-state index contributed by atoms with van der Waals surface area (Å²) < 4.78 is 30.3. The minimum atomic E-state index is -1.67. The Morgan fingerprint density at radius 3 is 2.10 bits per heavy atom. The number of ether oxygens (including phenoxy) is 3. The first-order valence-electron chi connectivity index (χ1n) is 15.2. The quantitative estimate of drug-likeness (QED) is 0.0775. The molecule has 0 spiro atoms. The van der Waals surface area contributed by atoms with Gasteiger partial charge in [0.2, 0.25) is 22.4 Å². The van der Waals surface area contributed by atoms with Gasteiger partial charge in [0, 0.05) is 12.1 Å². The monoisotopic (exact) mass is 668 g/mol. The van der Waals surface area contributed by atoms with Crippen molar-refractivity contribution < 1.29 is 53.7 Å². The number of aliphatic hydroxyl groups is 1. The predicted octanol–water partition coefficient (Wildman–Crippen LogP) is 5.57. The lowest BCUT2D eigenvalue weighted by Gasteiger charge is -2.30. The molecule has 0 saturated heterocycles. The second-order valence-corrected chi connectivity index (χ2v) is 13.3. The van der Waals surface area contributed by atoms with Gasteiger partial charge in [0.15, 0.2) is 40.5 Å². The van der Waals surface area contributed by atoms with E-state index >= 15 is 0 Å². The van der Waals surface area contributed by atoms with Gasteiger partial charge in [0.25, 0.3) is 0 Å². The zero-order valence-electron chi connectivity index (χ0n) is 26.3. The molecular formula is C36H28O13. The lowest BCUT2D eigenvalue weighted by atomic mass is 9.93. The lowest BCUT2D eigenvalue weighted by molar-refractivity contribution is -0.0693. The van der Waals surface area contributed by atoms with E-state index in [-0.39, 0.29) is 49.6 Å². The summed E-state index contributed by atoms with van der Waals surface area (Å²) in [6.07, 6.45) is 0.850. The van der Waals surface area contributed by atoms with Crippen LogP contribution in [0.15, 0.2) is 60.9 Å². The summed E-state index contributed by atoms with van der Waals surface area (Å²) in [7, 11) is 0. The molecule has 2 unspecified atom stereocenters. The van der Waals surface area contributed by atoms with E-state index in [2.05, 4.69) is 0 Å². The largest absolute Gasteiger partial charge is 0.507 e. The number of benzene rings is 4. The molecule has 2 aliphatic heterocycles. The van der Waals surface area contributed by atoms with Crippen LogP contribution in [0.1, 0.15) is 44.9 Å². The molecule has 2 aromatic heterocycles. The normalized spacial score (nSPS) is 18.1. The molecule has 0 saturated carbocycles. The van der Waals surface area contributed by atoms with E-state index in [9.17, 15) is 40.2 Å². The summed E-state index contributed by atoms with van der Waals surface area (Å²) in [5, 5.41) is 64.8. The highest BCUT2D eigenvalue weighted by atomic mass is 16.6. The standard InChI is InChI=1S/C36H28O13/c1-35(2)10-9-13-19(49-35)8-6-14-25(40)23-18(39)12-21(28(43)32(23)47-29(13)14)45-33-24-20(46-34(33)36(3,4)44)11-17(38)22-26(41)15-5-7-16(37)27(42)30(15)48-31(22)24/h5-12,33-34,37-39,42-44H,1-4H3. The van der Waals surface area contributed by atoms with Crippen molar-refractivity contribution in [3.05, 3.63) is 74.0 Å². The predicted molar refractivity (Wildman–Crippen MR) is 176 cm³/mol. The zero-order valence-corrected chi connectivity index (χ0v) is 26.3. The van der Waals surface area contributed by atoms with Crippen LogP contribution < -0.4 is 25.1 Å². The molecule has 0 radical (unpaired) electrons. The third-order valence-corrected chi connectivity index (χ3v) is 8.87. The van der Waals surface area contributed by atoms with Crippen molar-refractivity contribution in [1.82, 2.24) is 0 Å². The minimum absolute atomic E-state index is 0.000381. The van der Waals surface area contributed by atoms with E-state index in [0.29, 0.717) is 11.3 Å². The van der Waals surface area contributed by atoms with Gasteiger partial charge in [-0.3, -0.25) is 9.59 Å². The highest BCUT2D eigenvalue weighted by Gasteiger charge is 2.48. The number of hydrogen-bond donors (Lipinski definition) is 6. The molecule has 13 heteroatoms. The van der Waals surface area contributed by atoms with Gasteiger partial charge >= 0.3 is 0 Å². The molecule has 4 aromatic carbocycles. The smallest absolute Gasteiger partial charge is 0.204 e. The molecule has 6 aromatic rings. The van der Waals surface area contributed by atoms with E-state index < -0.39 is 74.3 Å². The van der Waals surface area contributed by atoms with E-state index in [4.69, 9.17) is 23.0 Å². The number of phenolic OH excluding ortho intramolecular Hbond substituents is 5. The van der Waals surface area contributed by atoms with Crippen LogP contribution in [0, 0.1) is 0 Å². The molecule has 250 valence electrons. The van der Waals surface area contributed by atoms with Crippen LogP contribution in [-0.2, 0) is 0 Å². The average molecular weight is 669 g/mol. The molecule has 0 bridgehead atoms. The molecule has 6 N–H and O–H groups in total. The lowest BCUT2D eigenvalue weighted by Crippen LogP contribution is -2.43. The molecule has 0 amide bonds. The molecule has 2 atom stereocenters. The Kier molecular flexibility index (Phi) is 6.01. The number of fused-ring (bicyclic) bond motifs is 8. The second-order valence-electron chi connectivity index (χ2n) is 13.3. The van der Waals surface area contributed by atoms with Gasteiger partial charge in [-0.2, -0.15) is 0 Å². The first-order chi connectivity index (χ1) is 23.1. The van der Waals surface area contributed by atoms with E-state index in [0.717, 1.165) is 18.2 Å². The van der Waals surface area contributed by atoms with E-state index in [1.165, 1.54) is 26.0 Å². The van der Waals surface area contributed by atoms with Gasteiger partial charge in [-0.1, -0.05) is 0 Å². The Labute approximate surface area is 274 Å². The fourth-order valence-corrected chi connectivity index (χ4v) is 6.51. The highest BCUT2D eigenvalue weighted by molar-refractivity contribution is 6.01. The van der Waals surface area contributed by atoms with Gasteiger partial charge in [-0.05, 0) is 64.1 Å². The molecule has 13 nitrogen and oxygen atoms in total. The van der Waals surface area contributed by atoms with E-state index in [1.54, 1.807) is 18.2 Å². The SMILES string of the molecule is CC1(C)C=Cc2c(ccc3c(=O)c4c(O)cc(OC5c6c(cc(O)c7c(=O)c8ccc(O)c(O)c8oc67)OC5C(C)(C)O)c(O)c4oc23)O1. The van der Waals surface area contributed by atoms with Crippen molar-refractivity contribution in [2.24, 2.45) is 0 Å². The fourth-order valence-electron chi connectivity index (χ4n) is 6.51. The molecule has 4 heterocycles. The molecular weight excluding hydrogens is 640 g/mol. The van der Waals surface area contributed by atoms with Crippen LogP contribution in [0.5, 0.6) is 46.0 Å². The third-order valence-electron chi connectivity index (χ3n) is 8.87. The van der Waals surface area contributed by atoms with Crippen molar-refractivity contribution in [2.75, 3.05) is 0 Å². The minimum Gasteiger partial charge on any atom is -0.507 e. The molecule has 49 heavy (non-hydrogen) atoms. The molecule has 2 aliphatic rings. The van der Waals surface area contributed by atoms with Crippen molar-refractivity contribution in [3.63, 3.8) is 0 Å². The maximum atomic E-state index is 13.7. The second kappa shape index (κ2) is 9.73. The summed E-state index contributed by atoms with van der Waals surface area (Å²) in [5.41, 5.74) is -4.21. The maximum Gasteiger partial charge on any atom is 0.204 e. The average Bonchev–Trinajstić information content (AvgIpc) is 3.39. The van der Waals surface area contributed by atoms with Crippen molar-refractivity contribution >= 4 is 50.0 Å². The van der Waals surface area contributed by atoms with Crippen LogP contribution in [0.2, 0.25) is 0 Å². The van der Waals surface area contributed by atoms with Crippen LogP contribution in [-0.4, -0.2) is 47.9 Å².